The molecule has 2 heterocycles. The highest BCUT2D eigenvalue weighted by atomic mass is 19.1. The van der Waals surface area contributed by atoms with Crippen molar-refractivity contribution in [2.75, 3.05) is 40.5 Å². The van der Waals surface area contributed by atoms with Crippen LogP contribution >= 0.6 is 0 Å². The van der Waals surface area contributed by atoms with Gasteiger partial charge in [-0.25, -0.2) is 4.39 Å². The lowest BCUT2D eigenvalue weighted by atomic mass is 9.73. The lowest BCUT2D eigenvalue weighted by molar-refractivity contribution is -0.142. The van der Waals surface area contributed by atoms with E-state index in [0.717, 1.165) is 25.9 Å². The molecule has 0 saturated carbocycles. The van der Waals surface area contributed by atoms with Gasteiger partial charge in [0.15, 0.2) is 11.6 Å². The highest BCUT2D eigenvalue weighted by molar-refractivity contribution is 5.94. The van der Waals surface area contributed by atoms with E-state index in [0.29, 0.717) is 25.3 Å². The van der Waals surface area contributed by atoms with E-state index in [1.807, 2.05) is 0 Å². The van der Waals surface area contributed by atoms with E-state index in [1.54, 1.807) is 18.1 Å². The molecule has 1 aromatic rings. The fourth-order valence-corrected chi connectivity index (χ4v) is 3.94. The first-order valence-corrected chi connectivity index (χ1v) is 8.33. The second-order valence-electron chi connectivity index (χ2n) is 6.62. The molecule has 1 amide bonds. The molecule has 0 unspecified atom stereocenters. The number of rotatable bonds is 4. The first-order chi connectivity index (χ1) is 11.6. The Morgan fingerprint density at radius 2 is 2.29 bits per heavy atom. The predicted octanol–water partition coefficient (Wildman–Crippen LogP) is 2.49. The second-order valence-corrected chi connectivity index (χ2v) is 6.62. The van der Waals surface area contributed by atoms with Gasteiger partial charge < -0.3 is 19.1 Å². The smallest absolute Gasteiger partial charge is 0.253 e. The number of ether oxygens (including phenoxy) is 3. The van der Waals surface area contributed by atoms with E-state index >= 15 is 0 Å². The van der Waals surface area contributed by atoms with E-state index in [1.165, 1.54) is 19.2 Å². The molecular formula is C18H24FNO4. The molecule has 2 aliphatic rings. The fourth-order valence-electron chi connectivity index (χ4n) is 3.94. The summed E-state index contributed by atoms with van der Waals surface area (Å²) in [6.07, 6.45) is 2.86. The molecule has 1 aromatic carbocycles. The molecule has 0 N–H and O–H groups in total. The Hall–Kier alpha value is -1.66. The van der Waals surface area contributed by atoms with Crippen LogP contribution in [0.25, 0.3) is 0 Å². The van der Waals surface area contributed by atoms with Gasteiger partial charge in [-0.15, -0.1) is 0 Å². The molecule has 2 fully saturated rings. The maximum atomic E-state index is 13.9. The van der Waals surface area contributed by atoms with Crippen LogP contribution in [0.5, 0.6) is 5.75 Å². The average Bonchev–Trinajstić information content (AvgIpc) is 2.60. The Balaban J connectivity index is 1.79. The summed E-state index contributed by atoms with van der Waals surface area (Å²) in [6, 6.07) is 4.34. The minimum Gasteiger partial charge on any atom is -0.494 e. The van der Waals surface area contributed by atoms with E-state index < -0.39 is 5.82 Å². The highest BCUT2D eigenvalue weighted by Gasteiger charge is 2.47. The van der Waals surface area contributed by atoms with Crippen molar-refractivity contribution in [2.24, 2.45) is 5.41 Å². The minimum absolute atomic E-state index is 0.128. The summed E-state index contributed by atoms with van der Waals surface area (Å²) in [5.74, 6) is -0.538. The van der Waals surface area contributed by atoms with Gasteiger partial charge in [-0.05, 0) is 37.5 Å². The van der Waals surface area contributed by atoms with Crippen molar-refractivity contribution in [1.29, 1.82) is 0 Å². The van der Waals surface area contributed by atoms with Crippen LogP contribution in [0.1, 0.15) is 29.6 Å². The van der Waals surface area contributed by atoms with Crippen LogP contribution in [0.3, 0.4) is 0 Å². The normalized spacial score (nSPS) is 26.8. The second kappa shape index (κ2) is 7.07. The molecule has 3 rings (SSSR count). The van der Waals surface area contributed by atoms with Gasteiger partial charge in [0.2, 0.25) is 0 Å². The highest BCUT2D eigenvalue weighted by Crippen LogP contribution is 2.40. The van der Waals surface area contributed by atoms with Crippen molar-refractivity contribution in [3.8, 4) is 5.75 Å². The van der Waals surface area contributed by atoms with Crippen molar-refractivity contribution in [2.45, 2.75) is 25.4 Å². The Kier molecular flexibility index (Phi) is 5.06. The zero-order chi connectivity index (χ0) is 17.2. The van der Waals surface area contributed by atoms with Gasteiger partial charge in [0.05, 0.1) is 19.8 Å². The Labute approximate surface area is 141 Å². The van der Waals surface area contributed by atoms with Gasteiger partial charge in [-0.3, -0.25) is 4.79 Å². The van der Waals surface area contributed by atoms with E-state index in [9.17, 15) is 9.18 Å². The molecule has 5 nitrogen and oxygen atoms in total. The molecular weight excluding hydrogens is 313 g/mol. The fraction of sp³-hybridized carbons (Fsp3) is 0.611. The number of nitrogens with zero attached hydrogens (tertiary/aromatic N) is 1. The number of methoxy groups -OCH3 is 2. The lowest BCUT2D eigenvalue weighted by Crippen LogP contribution is -2.58. The van der Waals surface area contributed by atoms with Crippen molar-refractivity contribution in [3.63, 3.8) is 0 Å². The first kappa shape index (κ1) is 17.2. The number of halogens is 1. The van der Waals surface area contributed by atoms with E-state index in [4.69, 9.17) is 14.2 Å². The van der Waals surface area contributed by atoms with Crippen molar-refractivity contribution >= 4 is 5.91 Å². The average molecular weight is 337 g/mol. The number of hydrogen-bond acceptors (Lipinski definition) is 4. The third-order valence-corrected chi connectivity index (χ3v) is 5.11. The number of likely N-dealkylation sites (tertiary alicyclic amines) is 1. The summed E-state index contributed by atoms with van der Waals surface area (Å²) in [5, 5.41) is 0. The quantitative estimate of drug-likeness (QED) is 0.847. The van der Waals surface area contributed by atoms with Crippen molar-refractivity contribution < 1.29 is 23.4 Å². The number of fused-ring (bicyclic) bond motifs is 1. The van der Waals surface area contributed by atoms with Gasteiger partial charge >= 0.3 is 0 Å². The number of benzene rings is 1. The van der Waals surface area contributed by atoms with Crippen molar-refractivity contribution in [3.05, 3.63) is 29.6 Å². The van der Waals surface area contributed by atoms with Crippen LogP contribution in [0.4, 0.5) is 4.39 Å². The summed E-state index contributed by atoms with van der Waals surface area (Å²) >= 11 is 0. The van der Waals surface area contributed by atoms with Gasteiger partial charge in [0.1, 0.15) is 0 Å². The summed E-state index contributed by atoms with van der Waals surface area (Å²) in [6.45, 7) is 2.53. The molecule has 0 bridgehead atoms. The molecule has 0 radical (unpaired) electrons. The monoisotopic (exact) mass is 337 g/mol. The maximum Gasteiger partial charge on any atom is 0.253 e. The van der Waals surface area contributed by atoms with E-state index in [-0.39, 0.29) is 23.2 Å². The molecule has 0 spiro atoms. The molecule has 2 atom stereocenters. The van der Waals surface area contributed by atoms with Crippen LogP contribution in [0, 0.1) is 11.2 Å². The van der Waals surface area contributed by atoms with Crippen LogP contribution < -0.4 is 4.74 Å². The first-order valence-electron chi connectivity index (χ1n) is 8.33. The Morgan fingerprint density at radius 3 is 3.00 bits per heavy atom. The third kappa shape index (κ3) is 3.13. The number of piperidine rings is 1. The largest absolute Gasteiger partial charge is 0.494 e. The van der Waals surface area contributed by atoms with Gasteiger partial charge in [-0.2, -0.15) is 0 Å². The zero-order valence-electron chi connectivity index (χ0n) is 14.2. The van der Waals surface area contributed by atoms with Crippen molar-refractivity contribution in [1.82, 2.24) is 4.90 Å². The molecule has 6 heteroatoms. The van der Waals surface area contributed by atoms with Crippen LogP contribution in [0.2, 0.25) is 0 Å². The number of carbonyl (C=O) groups is 1. The summed E-state index contributed by atoms with van der Waals surface area (Å²) < 4.78 is 30.2. The Bertz CT molecular complexity index is 605. The van der Waals surface area contributed by atoms with Gasteiger partial charge in [0.25, 0.3) is 5.91 Å². The Morgan fingerprint density at radius 1 is 1.46 bits per heavy atom. The predicted molar refractivity (Wildman–Crippen MR) is 86.8 cm³/mol. The number of carbonyl (C=O) groups excluding carboxylic acids is 1. The molecule has 2 aliphatic heterocycles. The topological polar surface area (TPSA) is 48.0 Å². The third-order valence-electron chi connectivity index (χ3n) is 5.11. The van der Waals surface area contributed by atoms with Gasteiger partial charge in [-0.1, -0.05) is 0 Å². The molecule has 0 aliphatic carbocycles. The zero-order valence-corrected chi connectivity index (χ0v) is 14.2. The number of hydrogen-bond donors (Lipinski definition) is 0. The lowest BCUT2D eigenvalue weighted by Gasteiger charge is -2.50. The summed E-state index contributed by atoms with van der Waals surface area (Å²) in [5.41, 5.74) is 0.183. The molecule has 2 saturated heterocycles. The summed E-state index contributed by atoms with van der Waals surface area (Å²) in [4.78, 5) is 14.6. The summed E-state index contributed by atoms with van der Waals surface area (Å²) in [7, 11) is 3.09. The standard InChI is InChI=1S/C18H24FNO4/c1-22-12-18-7-3-9-24-16(18)6-8-20(11-18)17(21)13-4-5-15(23-2)14(19)10-13/h4-5,10,16H,3,6-9,11-12H2,1-2H3/t16-,18-/m1/s1. The van der Waals surface area contributed by atoms with E-state index in [2.05, 4.69) is 0 Å². The van der Waals surface area contributed by atoms with Gasteiger partial charge in [0, 0.05) is 37.8 Å². The van der Waals surface area contributed by atoms with Crippen LogP contribution in [0.15, 0.2) is 18.2 Å². The molecule has 24 heavy (non-hydrogen) atoms. The molecule has 132 valence electrons. The SMILES string of the molecule is COC[C@]12CCCO[C@@H]1CCN(C(=O)c1ccc(OC)c(F)c1)C2. The van der Waals surface area contributed by atoms with Crippen LogP contribution in [-0.2, 0) is 9.47 Å². The molecule has 0 aromatic heterocycles. The van der Waals surface area contributed by atoms with Crippen LogP contribution in [-0.4, -0.2) is 57.4 Å². The number of amides is 1. The maximum absolute atomic E-state index is 13.9. The minimum atomic E-state index is -0.522.